The molecule has 0 spiro atoms. The van der Waals surface area contributed by atoms with E-state index in [1.165, 1.54) is 11.7 Å². The van der Waals surface area contributed by atoms with Crippen molar-refractivity contribution in [3.05, 3.63) is 59.7 Å². The van der Waals surface area contributed by atoms with E-state index in [2.05, 4.69) is 27.5 Å². The van der Waals surface area contributed by atoms with Crippen LogP contribution in [0.25, 0.3) is 22.1 Å². The van der Waals surface area contributed by atoms with Crippen LogP contribution >= 0.6 is 32.0 Å². The van der Waals surface area contributed by atoms with E-state index in [9.17, 15) is 4.79 Å². The normalized spacial score (nSPS) is 11.6. The standard InChI is InChI=1S/C19H13N6O2PS2/c1-10-14-15(23-29-22-14)12(7-20-10)28-13-8-21-18(17-16(13)24-30-25-17)19(26)27-9-11-5-3-2-4-6-11/h2-8,28H,9H2,1H3. The minimum Gasteiger partial charge on any atom is -0.456 e. The van der Waals surface area contributed by atoms with Gasteiger partial charge in [-0.3, -0.25) is 4.98 Å². The topological polar surface area (TPSA) is 104 Å². The Morgan fingerprint density at radius 2 is 1.53 bits per heavy atom. The molecule has 8 nitrogen and oxygen atoms in total. The predicted octanol–water partition coefficient (Wildman–Crippen LogP) is 2.78. The molecule has 1 atom stereocenters. The van der Waals surface area contributed by atoms with Gasteiger partial charge in [0.15, 0.2) is 5.69 Å². The Kier molecular flexibility index (Phi) is 5.12. The van der Waals surface area contributed by atoms with E-state index in [4.69, 9.17) is 4.74 Å². The van der Waals surface area contributed by atoms with Crippen LogP contribution in [-0.4, -0.2) is 33.4 Å². The molecule has 0 N–H and O–H groups in total. The number of carbonyl (C=O) groups excluding carboxylic acids is 1. The first kappa shape index (κ1) is 19.0. The van der Waals surface area contributed by atoms with Crippen molar-refractivity contribution in [1.82, 2.24) is 27.5 Å². The van der Waals surface area contributed by atoms with E-state index in [1.807, 2.05) is 43.5 Å². The molecule has 1 unspecified atom stereocenters. The fourth-order valence-corrected chi connectivity index (χ4v) is 5.39. The van der Waals surface area contributed by atoms with Crippen LogP contribution in [0.2, 0.25) is 0 Å². The van der Waals surface area contributed by atoms with E-state index >= 15 is 0 Å². The summed E-state index contributed by atoms with van der Waals surface area (Å²) in [6.45, 7) is 2.09. The van der Waals surface area contributed by atoms with Crippen LogP contribution in [0, 0.1) is 6.92 Å². The van der Waals surface area contributed by atoms with Crippen molar-refractivity contribution >= 4 is 70.7 Å². The van der Waals surface area contributed by atoms with Crippen molar-refractivity contribution in [1.29, 1.82) is 0 Å². The smallest absolute Gasteiger partial charge is 0.359 e. The zero-order chi connectivity index (χ0) is 20.5. The SMILES string of the molecule is Cc1ncc(Pc2cnc(C(=O)OCc3ccccc3)c3nsnc23)c2nsnc12. The molecule has 0 amide bonds. The maximum absolute atomic E-state index is 12.6. The number of pyridine rings is 2. The highest BCUT2D eigenvalue weighted by Gasteiger charge is 2.20. The highest BCUT2D eigenvalue weighted by Crippen LogP contribution is 2.24. The summed E-state index contributed by atoms with van der Waals surface area (Å²) < 4.78 is 22.8. The Bertz CT molecular complexity index is 1370. The lowest BCUT2D eigenvalue weighted by atomic mass is 10.2. The minimum atomic E-state index is -0.519. The van der Waals surface area contributed by atoms with Gasteiger partial charge in [-0.25, -0.2) is 9.78 Å². The summed E-state index contributed by atoms with van der Waals surface area (Å²) >= 11 is 2.22. The molecule has 0 saturated carbocycles. The van der Waals surface area contributed by atoms with E-state index in [1.54, 1.807) is 6.20 Å². The number of hydrogen-bond donors (Lipinski definition) is 0. The number of benzene rings is 1. The Morgan fingerprint density at radius 1 is 0.900 bits per heavy atom. The highest BCUT2D eigenvalue weighted by atomic mass is 32.1. The molecule has 0 bridgehead atoms. The van der Waals surface area contributed by atoms with Gasteiger partial charge < -0.3 is 4.74 Å². The van der Waals surface area contributed by atoms with Crippen LogP contribution in [-0.2, 0) is 11.3 Å². The van der Waals surface area contributed by atoms with Crippen LogP contribution in [0.3, 0.4) is 0 Å². The van der Waals surface area contributed by atoms with E-state index in [0.717, 1.165) is 44.6 Å². The lowest BCUT2D eigenvalue weighted by Crippen LogP contribution is -2.13. The average Bonchev–Trinajstić information content (AvgIpc) is 3.45. The minimum absolute atomic E-state index is 0.172. The molecule has 1 aromatic carbocycles. The highest BCUT2D eigenvalue weighted by molar-refractivity contribution is 7.56. The Labute approximate surface area is 180 Å². The summed E-state index contributed by atoms with van der Waals surface area (Å²) in [4.78, 5) is 21.4. The van der Waals surface area contributed by atoms with Crippen LogP contribution in [0.15, 0.2) is 42.7 Å². The molecule has 4 aromatic heterocycles. The Hall–Kier alpha value is -2.94. The summed E-state index contributed by atoms with van der Waals surface area (Å²) in [5, 5.41) is 1.83. The monoisotopic (exact) mass is 452 g/mol. The molecular formula is C19H13N6O2PS2. The quantitative estimate of drug-likeness (QED) is 0.296. The first-order valence-electron chi connectivity index (χ1n) is 8.88. The number of aromatic nitrogens is 6. The summed E-state index contributed by atoms with van der Waals surface area (Å²) in [6, 6.07) is 9.50. The molecule has 30 heavy (non-hydrogen) atoms. The van der Waals surface area contributed by atoms with Gasteiger partial charge in [0.05, 0.1) is 29.2 Å². The number of carbonyl (C=O) groups is 1. The van der Waals surface area contributed by atoms with Gasteiger partial charge in [-0.1, -0.05) is 38.9 Å². The van der Waals surface area contributed by atoms with Crippen molar-refractivity contribution in [2.75, 3.05) is 0 Å². The van der Waals surface area contributed by atoms with E-state index in [0.29, 0.717) is 11.0 Å². The fourth-order valence-electron chi connectivity index (χ4n) is 2.93. The summed E-state index contributed by atoms with van der Waals surface area (Å²) in [7, 11) is 0.214. The van der Waals surface area contributed by atoms with Crippen molar-refractivity contribution in [2.24, 2.45) is 0 Å². The lowest BCUT2D eigenvalue weighted by Gasteiger charge is -2.07. The van der Waals surface area contributed by atoms with Crippen LogP contribution < -0.4 is 10.6 Å². The number of fused-ring (bicyclic) bond motifs is 2. The molecule has 0 saturated heterocycles. The zero-order valence-corrected chi connectivity index (χ0v) is 18.2. The molecule has 11 heteroatoms. The third kappa shape index (κ3) is 3.54. The lowest BCUT2D eigenvalue weighted by molar-refractivity contribution is 0.0468. The number of esters is 1. The number of rotatable bonds is 5. The second-order valence-corrected chi connectivity index (χ2v) is 8.77. The first-order valence-corrected chi connectivity index (χ1v) is 11.3. The molecule has 0 aliphatic rings. The predicted molar refractivity (Wildman–Crippen MR) is 118 cm³/mol. The molecule has 5 rings (SSSR count). The fraction of sp³-hybridized carbons (Fsp3) is 0.105. The Morgan fingerprint density at radius 3 is 2.30 bits per heavy atom. The third-order valence-electron chi connectivity index (χ3n) is 4.44. The van der Waals surface area contributed by atoms with Crippen LogP contribution in [0.4, 0.5) is 0 Å². The summed E-state index contributed by atoms with van der Waals surface area (Å²) in [6.07, 6.45) is 3.47. The van der Waals surface area contributed by atoms with Gasteiger partial charge in [-0.15, -0.1) is 0 Å². The molecule has 0 aliphatic heterocycles. The number of nitrogens with zero attached hydrogens (tertiary/aromatic N) is 6. The molecule has 4 heterocycles. The van der Waals surface area contributed by atoms with Crippen LogP contribution in [0.5, 0.6) is 0 Å². The molecule has 148 valence electrons. The first-order chi connectivity index (χ1) is 14.7. The molecule has 0 radical (unpaired) electrons. The zero-order valence-electron chi connectivity index (χ0n) is 15.6. The summed E-state index contributed by atoms with van der Waals surface area (Å²) in [5.41, 5.74) is 4.69. The van der Waals surface area contributed by atoms with Gasteiger partial charge in [-0.2, -0.15) is 17.5 Å². The van der Waals surface area contributed by atoms with Gasteiger partial charge in [-0.05, 0) is 12.5 Å². The molecule has 0 fully saturated rings. The second-order valence-electron chi connectivity index (χ2n) is 6.39. The van der Waals surface area contributed by atoms with Crippen LogP contribution in [0.1, 0.15) is 21.7 Å². The van der Waals surface area contributed by atoms with E-state index < -0.39 is 5.97 Å². The Balaban J connectivity index is 1.44. The summed E-state index contributed by atoms with van der Waals surface area (Å²) in [5.74, 6) is -0.519. The second kappa shape index (κ2) is 8.06. The van der Waals surface area contributed by atoms with E-state index in [-0.39, 0.29) is 20.9 Å². The van der Waals surface area contributed by atoms with Gasteiger partial charge in [0.1, 0.15) is 28.7 Å². The maximum Gasteiger partial charge on any atom is 0.359 e. The van der Waals surface area contributed by atoms with Crippen molar-refractivity contribution in [3.63, 3.8) is 0 Å². The molecule has 0 aliphatic carbocycles. The maximum atomic E-state index is 12.6. The van der Waals surface area contributed by atoms with Gasteiger partial charge in [0, 0.05) is 23.0 Å². The number of aryl methyl sites for hydroxylation is 1. The van der Waals surface area contributed by atoms with Crippen molar-refractivity contribution < 1.29 is 9.53 Å². The van der Waals surface area contributed by atoms with Crippen molar-refractivity contribution in [3.8, 4) is 0 Å². The number of hydrogen-bond acceptors (Lipinski definition) is 10. The van der Waals surface area contributed by atoms with Gasteiger partial charge in [0.2, 0.25) is 0 Å². The largest absolute Gasteiger partial charge is 0.456 e. The average molecular weight is 452 g/mol. The molecule has 5 aromatic rings. The van der Waals surface area contributed by atoms with Gasteiger partial charge in [0.25, 0.3) is 0 Å². The van der Waals surface area contributed by atoms with Gasteiger partial charge >= 0.3 is 5.97 Å². The number of ether oxygens (including phenoxy) is 1. The van der Waals surface area contributed by atoms with Crippen molar-refractivity contribution in [2.45, 2.75) is 13.5 Å². The molecular weight excluding hydrogens is 439 g/mol. The third-order valence-corrected chi connectivity index (χ3v) is 6.77.